The van der Waals surface area contributed by atoms with Crippen LogP contribution in [0.1, 0.15) is 51.0 Å². The zero-order valence-electron chi connectivity index (χ0n) is 13.0. The average molecular weight is 307 g/mol. The minimum absolute atomic E-state index is 0.172. The number of carbonyl (C=O) groups excluding carboxylic acids is 2. The van der Waals surface area contributed by atoms with E-state index in [9.17, 15) is 9.59 Å². The summed E-state index contributed by atoms with van der Waals surface area (Å²) in [6.07, 6.45) is 9.25. The standard InChI is InChI=1S/C16H25N3O3/c1-2-3-4-5-6-9-15(20)18-14(16(21)19-22)11-13-8-7-10-17-12-13/h7-8,10,12,14,22H,2-6,9,11H2,1H3,(H,18,20)(H,19,21). The Hall–Kier alpha value is -1.95. The molecule has 3 N–H and O–H groups in total. The summed E-state index contributed by atoms with van der Waals surface area (Å²) in [5.74, 6) is -0.794. The molecule has 0 radical (unpaired) electrons. The van der Waals surface area contributed by atoms with Gasteiger partial charge in [-0.1, -0.05) is 38.7 Å². The Morgan fingerprint density at radius 3 is 2.68 bits per heavy atom. The summed E-state index contributed by atoms with van der Waals surface area (Å²) < 4.78 is 0. The molecular weight excluding hydrogens is 282 g/mol. The van der Waals surface area contributed by atoms with Gasteiger partial charge in [0, 0.05) is 25.2 Å². The Morgan fingerprint density at radius 2 is 2.05 bits per heavy atom. The first-order valence-corrected chi connectivity index (χ1v) is 7.79. The summed E-state index contributed by atoms with van der Waals surface area (Å²) in [4.78, 5) is 27.6. The van der Waals surface area contributed by atoms with Crippen molar-refractivity contribution in [1.29, 1.82) is 0 Å². The predicted molar refractivity (Wildman–Crippen MR) is 83.2 cm³/mol. The molecule has 0 bridgehead atoms. The SMILES string of the molecule is CCCCCCCC(=O)NC(Cc1cccnc1)C(=O)NO. The fourth-order valence-corrected chi connectivity index (χ4v) is 2.20. The van der Waals surface area contributed by atoms with Crippen LogP contribution in [0.4, 0.5) is 0 Å². The Labute approximate surface area is 131 Å². The van der Waals surface area contributed by atoms with E-state index in [1.54, 1.807) is 23.9 Å². The highest BCUT2D eigenvalue weighted by atomic mass is 16.5. The van der Waals surface area contributed by atoms with Gasteiger partial charge in [0.15, 0.2) is 0 Å². The molecule has 1 unspecified atom stereocenters. The molecule has 22 heavy (non-hydrogen) atoms. The van der Waals surface area contributed by atoms with Gasteiger partial charge < -0.3 is 5.32 Å². The molecule has 6 nitrogen and oxygen atoms in total. The first-order chi connectivity index (χ1) is 10.7. The van der Waals surface area contributed by atoms with Crippen LogP contribution in [-0.4, -0.2) is 28.0 Å². The molecule has 0 saturated heterocycles. The van der Waals surface area contributed by atoms with Gasteiger partial charge in [0.1, 0.15) is 6.04 Å². The summed E-state index contributed by atoms with van der Waals surface area (Å²) in [5.41, 5.74) is 2.42. The van der Waals surface area contributed by atoms with Crippen LogP contribution in [0.2, 0.25) is 0 Å². The van der Waals surface area contributed by atoms with E-state index in [0.717, 1.165) is 31.2 Å². The highest BCUT2D eigenvalue weighted by Gasteiger charge is 2.20. The van der Waals surface area contributed by atoms with Crippen molar-refractivity contribution >= 4 is 11.8 Å². The van der Waals surface area contributed by atoms with E-state index < -0.39 is 11.9 Å². The second-order valence-corrected chi connectivity index (χ2v) is 5.33. The van der Waals surface area contributed by atoms with Crippen molar-refractivity contribution in [2.45, 2.75) is 57.9 Å². The van der Waals surface area contributed by atoms with Gasteiger partial charge in [-0.05, 0) is 18.1 Å². The summed E-state index contributed by atoms with van der Waals surface area (Å²) in [5, 5.41) is 11.5. The van der Waals surface area contributed by atoms with Gasteiger partial charge in [-0.2, -0.15) is 0 Å². The third-order valence-electron chi connectivity index (χ3n) is 3.43. The predicted octanol–water partition coefficient (Wildman–Crippen LogP) is 1.97. The fourth-order valence-electron chi connectivity index (χ4n) is 2.20. The molecule has 0 spiro atoms. The lowest BCUT2D eigenvalue weighted by atomic mass is 10.1. The van der Waals surface area contributed by atoms with Gasteiger partial charge in [-0.15, -0.1) is 0 Å². The summed E-state index contributed by atoms with van der Waals surface area (Å²) >= 11 is 0. The Bertz CT molecular complexity index is 451. The van der Waals surface area contributed by atoms with Gasteiger partial charge in [-0.3, -0.25) is 19.8 Å². The van der Waals surface area contributed by atoms with E-state index >= 15 is 0 Å². The average Bonchev–Trinajstić information content (AvgIpc) is 2.54. The van der Waals surface area contributed by atoms with Crippen LogP contribution in [0.15, 0.2) is 24.5 Å². The quantitative estimate of drug-likeness (QED) is 0.350. The zero-order valence-corrected chi connectivity index (χ0v) is 13.0. The number of hydrogen-bond acceptors (Lipinski definition) is 4. The van der Waals surface area contributed by atoms with Crippen LogP contribution in [0.3, 0.4) is 0 Å². The van der Waals surface area contributed by atoms with E-state index in [4.69, 9.17) is 5.21 Å². The smallest absolute Gasteiger partial charge is 0.266 e. The number of pyridine rings is 1. The molecule has 0 aliphatic heterocycles. The van der Waals surface area contributed by atoms with E-state index in [-0.39, 0.29) is 5.91 Å². The monoisotopic (exact) mass is 307 g/mol. The maximum atomic E-state index is 11.9. The molecule has 1 aromatic rings. The lowest BCUT2D eigenvalue weighted by Crippen LogP contribution is -2.47. The van der Waals surface area contributed by atoms with Crippen molar-refractivity contribution in [3.63, 3.8) is 0 Å². The van der Waals surface area contributed by atoms with Gasteiger partial charge in [-0.25, -0.2) is 5.48 Å². The van der Waals surface area contributed by atoms with Crippen LogP contribution in [0.25, 0.3) is 0 Å². The van der Waals surface area contributed by atoms with Crippen molar-refractivity contribution in [3.8, 4) is 0 Å². The molecule has 0 fully saturated rings. The molecule has 6 heteroatoms. The van der Waals surface area contributed by atoms with E-state index in [0.29, 0.717) is 12.8 Å². The fraction of sp³-hybridized carbons (Fsp3) is 0.562. The highest BCUT2D eigenvalue weighted by Crippen LogP contribution is 2.06. The second kappa shape index (κ2) is 10.7. The topological polar surface area (TPSA) is 91.3 Å². The van der Waals surface area contributed by atoms with Crippen molar-refractivity contribution in [1.82, 2.24) is 15.8 Å². The van der Waals surface area contributed by atoms with Crippen molar-refractivity contribution in [3.05, 3.63) is 30.1 Å². The van der Waals surface area contributed by atoms with Crippen molar-refractivity contribution in [2.75, 3.05) is 0 Å². The molecule has 1 heterocycles. The molecule has 122 valence electrons. The number of carbonyl (C=O) groups is 2. The summed E-state index contributed by atoms with van der Waals surface area (Å²) in [6, 6.07) is 2.79. The molecule has 0 saturated carbocycles. The van der Waals surface area contributed by atoms with Crippen molar-refractivity contribution < 1.29 is 14.8 Å². The lowest BCUT2D eigenvalue weighted by Gasteiger charge is -2.16. The minimum Gasteiger partial charge on any atom is -0.344 e. The largest absolute Gasteiger partial charge is 0.344 e. The molecule has 0 aliphatic rings. The number of rotatable bonds is 10. The molecule has 0 aliphatic carbocycles. The zero-order chi connectivity index (χ0) is 16.2. The van der Waals surface area contributed by atoms with Gasteiger partial charge in [0.25, 0.3) is 5.91 Å². The maximum absolute atomic E-state index is 11.9. The first-order valence-electron chi connectivity index (χ1n) is 7.79. The number of aromatic nitrogens is 1. The Kier molecular flexibility index (Phi) is 8.83. The van der Waals surface area contributed by atoms with Crippen LogP contribution >= 0.6 is 0 Å². The Morgan fingerprint density at radius 1 is 1.27 bits per heavy atom. The molecule has 2 amide bonds. The van der Waals surface area contributed by atoms with E-state index in [2.05, 4.69) is 17.2 Å². The molecule has 1 rings (SSSR count). The number of nitrogens with zero attached hydrogens (tertiary/aromatic N) is 1. The maximum Gasteiger partial charge on any atom is 0.266 e. The van der Waals surface area contributed by atoms with Gasteiger partial charge in [0.05, 0.1) is 0 Å². The number of hydroxylamine groups is 1. The van der Waals surface area contributed by atoms with Crippen LogP contribution in [0.5, 0.6) is 0 Å². The van der Waals surface area contributed by atoms with Crippen molar-refractivity contribution in [2.24, 2.45) is 0 Å². The highest BCUT2D eigenvalue weighted by molar-refractivity contribution is 5.87. The number of hydrogen-bond donors (Lipinski definition) is 3. The van der Waals surface area contributed by atoms with Gasteiger partial charge in [0.2, 0.25) is 5.91 Å². The van der Waals surface area contributed by atoms with Crippen LogP contribution in [-0.2, 0) is 16.0 Å². The number of nitrogens with one attached hydrogen (secondary N) is 2. The number of unbranched alkanes of at least 4 members (excludes halogenated alkanes) is 4. The number of amides is 2. The Balaban J connectivity index is 2.44. The third-order valence-corrected chi connectivity index (χ3v) is 3.43. The molecule has 0 aromatic carbocycles. The normalized spacial score (nSPS) is 11.7. The molecular formula is C16H25N3O3. The summed E-state index contributed by atoms with van der Waals surface area (Å²) in [6.45, 7) is 2.14. The second-order valence-electron chi connectivity index (χ2n) is 5.33. The third kappa shape index (κ3) is 7.17. The first kappa shape index (κ1) is 18.1. The van der Waals surface area contributed by atoms with Gasteiger partial charge >= 0.3 is 0 Å². The molecule has 1 atom stereocenters. The molecule has 1 aromatic heterocycles. The lowest BCUT2D eigenvalue weighted by molar-refractivity contribution is -0.134. The van der Waals surface area contributed by atoms with Crippen LogP contribution in [0, 0.1) is 0 Å². The van der Waals surface area contributed by atoms with E-state index in [1.807, 2.05) is 6.07 Å². The minimum atomic E-state index is -0.794. The van der Waals surface area contributed by atoms with E-state index in [1.165, 1.54) is 6.42 Å². The summed E-state index contributed by atoms with van der Waals surface area (Å²) in [7, 11) is 0. The van der Waals surface area contributed by atoms with Crippen LogP contribution < -0.4 is 10.8 Å².